The largest absolute Gasteiger partial charge is 0.454 e. The predicted octanol–water partition coefficient (Wildman–Crippen LogP) is 2.14. The average molecular weight is 225 g/mol. The van der Waals surface area contributed by atoms with Crippen molar-refractivity contribution in [1.29, 1.82) is 0 Å². The Bertz CT molecular complexity index is 703. The van der Waals surface area contributed by atoms with Crippen LogP contribution in [0.25, 0.3) is 10.8 Å². The van der Waals surface area contributed by atoms with E-state index in [1.807, 2.05) is 24.3 Å². The summed E-state index contributed by atoms with van der Waals surface area (Å²) in [4.78, 5) is 15.3. The first-order chi connectivity index (χ1) is 8.33. The second-order valence-electron chi connectivity index (χ2n) is 4.02. The van der Waals surface area contributed by atoms with Crippen LogP contribution >= 0.6 is 0 Å². The molecule has 2 aromatic carbocycles. The number of aliphatic imine (C=N–C) groups is 1. The molecule has 0 bridgehead atoms. The molecule has 0 fully saturated rings. The zero-order chi connectivity index (χ0) is 11.4. The Morgan fingerprint density at radius 2 is 2.12 bits per heavy atom. The van der Waals surface area contributed by atoms with Crippen molar-refractivity contribution in [2.24, 2.45) is 4.99 Å². The van der Waals surface area contributed by atoms with Crippen molar-refractivity contribution in [3.8, 4) is 11.5 Å². The van der Waals surface area contributed by atoms with E-state index in [1.54, 1.807) is 6.21 Å². The fourth-order valence-electron chi connectivity index (χ4n) is 2.25. The van der Waals surface area contributed by atoms with Crippen LogP contribution < -0.4 is 9.47 Å². The summed E-state index contributed by atoms with van der Waals surface area (Å²) < 4.78 is 10.8. The van der Waals surface area contributed by atoms with Crippen molar-refractivity contribution in [2.75, 3.05) is 6.79 Å². The van der Waals surface area contributed by atoms with E-state index >= 15 is 0 Å². The Balaban J connectivity index is 2.11. The molecule has 4 rings (SSSR count). The zero-order valence-electron chi connectivity index (χ0n) is 8.77. The van der Waals surface area contributed by atoms with E-state index in [1.165, 1.54) is 0 Å². The summed E-state index contributed by atoms with van der Waals surface area (Å²) in [6.07, 6.45) is 1.59. The number of hydrogen-bond donors (Lipinski definition) is 0. The number of rotatable bonds is 0. The van der Waals surface area contributed by atoms with Crippen LogP contribution in [0.3, 0.4) is 0 Å². The molecule has 2 aromatic rings. The highest BCUT2D eigenvalue weighted by molar-refractivity contribution is 6.16. The smallest absolute Gasteiger partial charge is 0.277 e. The van der Waals surface area contributed by atoms with Crippen LogP contribution in [0.2, 0.25) is 0 Å². The number of carbonyl (C=O) groups excluding carboxylic acids is 1. The quantitative estimate of drug-likeness (QED) is 0.690. The number of amides is 1. The summed E-state index contributed by atoms with van der Waals surface area (Å²) in [5.41, 5.74) is 1.49. The molecule has 0 aliphatic carbocycles. The molecule has 0 unspecified atom stereocenters. The fourth-order valence-corrected chi connectivity index (χ4v) is 2.25. The van der Waals surface area contributed by atoms with Gasteiger partial charge in [0.15, 0.2) is 11.5 Å². The van der Waals surface area contributed by atoms with Gasteiger partial charge in [0.25, 0.3) is 5.91 Å². The van der Waals surface area contributed by atoms with Gasteiger partial charge >= 0.3 is 0 Å². The molecule has 4 nitrogen and oxygen atoms in total. The molecule has 17 heavy (non-hydrogen) atoms. The Hall–Kier alpha value is -2.36. The van der Waals surface area contributed by atoms with Gasteiger partial charge in [0.2, 0.25) is 6.79 Å². The van der Waals surface area contributed by atoms with Crippen molar-refractivity contribution in [3.05, 3.63) is 35.4 Å². The third kappa shape index (κ3) is 1.07. The minimum Gasteiger partial charge on any atom is -0.454 e. The second-order valence-corrected chi connectivity index (χ2v) is 4.02. The van der Waals surface area contributed by atoms with Gasteiger partial charge in [0, 0.05) is 17.2 Å². The third-order valence-corrected chi connectivity index (χ3v) is 3.07. The fraction of sp³-hybridized carbons (Fsp3) is 0.0769. The first kappa shape index (κ1) is 8.75. The van der Waals surface area contributed by atoms with Gasteiger partial charge in [0.05, 0.1) is 5.56 Å². The van der Waals surface area contributed by atoms with Crippen molar-refractivity contribution < 1.29 is 14.3 Å². The van der Waals surface area contributed by atoms with Gasteiger partial charge in [0.1, 0.15) is 0 Å². The second kappa shape index (κ2) is 2.85. The molecular weight excluding hydrogens is 218 g/mol. The molecule has 0 saturated carbocycles. The SMILES string of the molecule is O=C1N=Cc2cc3c4c(ccc3cc21)OCO4. The molecule has 1 amide bonds. The zero-order valence-corrected chi connectivity index (χ0v) is 8.77. The molecule has 2 aliphatic heterocycles. The van der Waals surface area contributed by atoms with Crippen molar-refractivity contribution >= 4 is 22.9 Å². The van der Waals surface area contributed by atoms with Crippen LogP contribution in [0.15, 0.2) is 29.3 Å². The lowest BCUT2D eigenvalue weighted by Gasteiger charge is -2.04. The average Bonchev–Trinajstić information content (AvgIpc) is 2.94. The summed E-state index contributed by atoms with van der Waals surface area (Å²) >= 11 is 0. The number of ether oxygens (including phenoxy) is 2. The Morgan fingerprint density at radius 3 is 3.06 bits per heavy atom. The first-order valence-corrected chi connectivity index (χ1v) is 5.28. The maximum Gasteiger partial charge on any atom is 0.277 e. The van der Waals surface area contributed by atoms with Gasteiger partial charge in [-0.15, -0.1) is 0 Å². The van der Waals surface area contributed by atoms with E-state index in [4.69, 9.17) is 9.47 Å². The van der Waals surface area contributed by atoms with Gasteiger partial charge in [-0.25, -0.2) is 4.99 Å². The van der Waals surface area contributed by atoms with E-state index < -0.39 is 0 Å². The number of nitrogens with zero attached hydrogens (tertiary/aromatic N) is 1. The number of carbonyl (C=O) groups is 1. The molecular formula is C13H7NO3. The van der Waals surface area contributed by atoms with Crippen molar-refractivity contribution in [1.82, 2.24) is 0 Å². The Morgan fingerprint density at radius 1 is 1.18 bits per heavy atom. The highest BCUT2D eigenvalue weighted by atomic mass is 16.7. The Kier molecular flexibility index (Phi) is 1.47. The van der Waals surface area contributed by atoms with Crippen LogP contribution in [-0.2, 0) is 0 Å². The standard InChI is InChI=1S/C13H7NO3/c15-13-10-3-7-1-2-11-12(17-6-16-11)9(7)4-8(10)5-14-13/h1-5H,6H2. The molecule has 0 radical (unpaired) electrons. The van der Waals surface area contributed by atoms with Gasteiger partial charge in [-0.1, -0.05) is 6.07 Å². The summed E-state index contributed by atoms with van der Waals surface area (Å²) in [6, 6.07) is 7.56. The molecule has 0 aromatic heterocycles. The number of benzene rings is 2. The lowest BCUT2D eigenvalue weighted by Crippen LogP contribution is -1.94. The van der Waals surface area contributed by atoms with Crippen molar-refractivity contribution in [2.45, 2.75) is 0 Å². The number of fused-ring (bicyclic) bond motifs is 4. The van der Waals surface area contributed by atoms with Crippen LogP contribution in [0.1, 0.15) is 15.9 Å². The summed E-state index contributed by atoms with van der Waals surface area (Å²) in [5, 5.41) is 1.92. The maximum absolute atomic E-state index is 11.5. The molecule has 0 atom stereocenters. The number of hydrogen-bond acceptors (Lipinski definition) is 3. The first-order valence-electron chi connectivity index (χ1n) is 5.28. The van der Waals surface area contributed by atoms with Gasteiger partial charge in [-0.2, -0.15) is 0 Å². The van der Waals surface area contributed by atoms with Crippen LogP contribution in [0, 0.1) is 0 Å². The molecule has 4 heteroatoms. The van der Waals surface area contributed by atoms with Crippen LogP contribution in [-0.4, -0.2) is 18.9 Å². The van der Waals surface area contributed by atoms with Crippen LogP contribution in [0.4, 0.5) is 0 Å². The third-order valence-electron chi connectivity index (χ3n) is 3.07. The minimum atomic E-state index is -0.181. The molecule has 0 saturated heterocycles. The predicted molar refractivity (Wildman–Crippen MR) is 62.0 cm³/mol. The summed E-state index contributed by atoms with van der Waals surface area (Å²) in [5.74, 6) is 1.32. The van der Waals surface area contributed by atoms with Crippen molar-refractivity contribution in [3.63, 3.8) is 0 Å². The van der Waals surface area contributed by atoms with Crippen LogP contribution in [0.5, 0.6) is 11.5 Å². The summed E-state index contributed by atoms with van der Waals surface area (Å²) in [6.45, 7) is 0.249. The van der Waals surface area contributed by atoms with E-state index in [-0.39, 0.29) is 12.7 Å². The molecule has 82 valence electrons. The highest BCUT2D eigenvalue weighted by Gasteiger charge is 2.21. The monoisotopic (exact) mass is 225 g/mol. The lowest BCUT2D eigenvalue weighted by molar-refractivity contribution is 0.101. The maximum atomic E-state index is 11.5. The molecule has 0 N–H and O–H groups in total. The minimum absolute atomic E-state index is 0.181. The van der Waals surface area contributed by atoms with Gasteiger partial charge in [-0.3, -0.25) is 4.79 Å². The van der Waals surface area contributed by atoms with Gasteiger partial charge < -0.3 is 9.47 Å². The normalized spacial score (nSPS) is 15.6. The van der Waals surface area contributed by atoms with E-state index in [0.717, 1.165) is 27.8 Å². The molecule has 0 spiro atoms. The lowest BCUT2D eigenvalue weighted by atomic mass is 10.0. The summed E-state index contributed by atoms with van der Waals surface area (Å²) in [7, 11) is 0. The highest BCUT2D eigenvalue weighted by Crippen LogP contribution is 2.40. The van der Waals surface area contributed by atoms with E-state index in [0.29, 0.717) is 5.56 Å². The topological polar surface area (TPSA) is 47.9 Å². The Labute approximate surface area is 96.5 Å². The van der Waals surface area contributed by atoms with Gasteiger partial charge in [-0.05, 0) is 23.6 Å². The molecule has 2 heterocycles. The van der Waals surface area contributed by atoms with E-state index in [2.05, 4.69) is 4.99 Å². The van der Waals surface area contributed by atoms with E-state index in [9.17, 15) is 4.79 Å². The molecule has 2 aliphatic rings.